The molecule has 0 radical (unpaired) electrons. The van der Waals surface area contributed by atoms with E-state index in [0.29, 0.717) is 11.8 Å². The van der Waals surface area contributed by atoms with Crippen molar-refractivity contribution in [3.63, 3.8) is 0 Å². The number of carboxylic acids is 1. The molecule has 1 aliphatic rings. The highest BCUT2D eigenvalue weighted by atomic mass is 16.4. The lowest BCUT2D eigenvalue weighted by molar-refractivity contribution is -0.160. The molecule has 3 nitrogen and oxygen atoms in total. The van der Waals surface area contributed by atoms with Crippen LogP contribution in [0.4, 0.5) is 0 Å². The predicted molar refractivity (Wildman–Crippen MR) is 65.4 cm³/mol. The number of rotatable bonds is 3. The second-order valence-corrected chi connectivity index (χ2v) is 5.86. The molecular weight excluding hydrogens is 202 g/mol. The smallest absolute Gasteiger partial charge is 0.324 e. The van der Waals surface area contributed by atoms with Crippen molar-refractivity contribution in [3.8, 4) is 0 Å². The Morgan fingerprint density at radius 2 is 1.94 bits per heavy atom. The highest BCUT2D eigenvalue weighted by Crippen LogP contribution is 2.43. The van der Waals surface area contributed by atoms with Crippen molar-refractivity contribution < 1.29 is 9.90 Å². The standard InChI is InChI=1S/C13H25NO2/c1-9(2)11-7-6-10(3)8-13(11,12(15)16)14(4)5/h9-11H,6-8H2,1-5H3,(H,15,16). The van der Waals surface area contributed by atoms with E-state index in [1.165, 1.54) is 0 Å². The topological polar surface area (TPSA) is 40.5 Å². The van der Waals surface area contributed by atoms with Crippen molar-refractivity contribution in [3.05, 3.63) is 0 Å². The van der Waals surface area contributed by atoms with E-state index in [1.54, 1.807) is 0 Å². The minimum atomic E-state index is -0.661. The van der Waals surface area contributed by atoms with Gasteiger partial charge in [-0.15, -0.1) is 0 Å². The Morgan fingerprint density at radius 1 is 1.38 bits per heavy atom. The van der Waals surface area contributed by atoms with Gasteiger partial charge in [0.15, 0.2) is 0 Å². The van der Waals surface area contributed by atoms with E-state index >= 15 is 0 Å². The molecule has 0 amide bonds. The third-order valence-corrected chi connectivity index (χ3v) is 4.22. The lowest BCUT2D eigenvalue weighted by atomic mass is 9.64. The number of hydrogen-bond donors (Lipinski definition) is 1. The zero-order valence-electron chi connectivity index (χ0n) is 11.2. The number of aliphatic carboxylic acids is 1. The molecular formula is C13H25NO2. The van der Waals surface area contributed by atoms with Crippen LogP contribution in [0.5, 0.6) is 0 Å². The Balaban J connectivity index is 3.11. The Hall–Kier alpha value is -0.570. The molecule has 1 aliphatic carbocycles. The summed E-state index contributed by atoms with van der Waals surface area (Å²) in [5.41, 5.74) is -0.661. The minimum absolute atomic E-state index is 0.260. The molecule has 16 heavy (non-hydrogen) atoms. The van der Waals surface area contributed by atoms with Crippen molar-refractivity contribution in [2.75, 3.05) is 14.1 Å². The van der Waals surface area contributed by atoms with E-state index in [2.05, 4.69) is 20.8 Å². The maximum Gasteiger partial charge on any atom is 0.324 e. The van der Waals surface area contributed by atoms with E-state index in [9.17, 15) is 9.90 Å². The molecule has 0 aromatic rings. The van der Waals surface area contributed by atoms with Crippen LogP contribution < -0.4 is 0 Å². The van der Waals surface area contributed by atoms with Crippen molar-refractivity contribution in [2.45, 2.75) is 45.6 Å². The SMILES string of the molecule is CC1CCC(C(C)C)C(C(=O)O)(N(C)C)C1. The molecule has 3 heteroatoms. The van der Waals surface area contributed by atoms with Crippen LogP contribution in [0, 0.1) is 17.8 Å². The molecule has 3 unspecified atom stereocenters. The number of hydrogen-bond acceptors (Lipinski definition) is 2. The fraction of sp³-hybridized carbons (Fsp3) is 0.923. The fourth-order valence-electron chi connectivity index (χ4n) is 3.32. The van der Waals surface area contributed by atoms with Crippen LogP contribution in [0.25, 0.3) is 0 Å². The first-order valence-electron chi connectivity index (χ1n) is 6.23. The first kappa shape index (κ1) is 13.5. The molecule has 3 atom stereocenters. The number of nitrogens with zero attached hydrogens (tertiary/aromatic N) is 1. The highest BCUT2D eigenvalue weighted by molar-refractivity contribution is 5.79. The molecule has 1 rings (SSSR count). The van der Waals surface area contributed by atoms with Crippen LogP contribution in [0.15, 0.2) is 0 Å². The van der Waals surface area contributed by atoms with Crippen molar-refractivity contribution in [1.82, 2.24) is 4.90 Å². The maximum absolute atomic E-state index is 11.7. The van der Waals surface area contributed by atoms with Gasteiger partial charge >= 0.3 is 5.97 Å². The van der Waals surface area contributed by atoms with E-state index in [-0.39, 0.29) is 5.92 Å². The second kappa shape index (κ2) is 4.74. The van der Waals surface area contributed by atoms with Gasteiger partial charge in [-0.05, 0) is 44.7 Å². The van der Waals surface area contributed by atoms with Gasteiger partial charge in [-0.1, -0.05) is 27.2 Å². The van der Waals surface area contributed by atoms with Crippen molar-refractivity contribution in [1.29, 1.82) is 0 Å². The lowest BCUT2D eigenvalue weighted by Crippen LogP contribution is -2.60. The lowest BCUT2D eigenvalue weighted by Gasteiger charge is -2.49. The van der Waals surface area contributed by atoms with E-state index in [4.69, 9.17) is 0 Å². The number of likely N-dealkylation sites (N-methyl/N-ethyl adjacent to an activating group) is 1. The van der Waals surface area contributed by atoms with E-state index < -0.39 is 11.5 Å². The van der Waals surface area contributed by atoms with Gasteiger partial charge in [0.1, 0.15) is 5.54 Å². The van der Waals surface area contributed by atoms with Crippen LogP contribution in [0.2, 0.25) is 0 Å². The van der Waals surface area contributed by atoms with Gasteiger partial charge in [0.25, 0.3) is 0 Å². The summed E-state index contributed by atoms with van der Waals surface area (Å²) in [5.74, 6) is 0.540. The summed E-state index contributed by atoms with van der Waals surface area (Å²) in [5, 5.41) is 9.65. The maximum atomic E-state index is 11.7. The van der Waals surface area contributed by atoms with Crippen LogP contribution in [-0.4, -0.2) is 35.6 Å². The third-order valence-electron chi connectivity index (χ3n) is 4.22. The molecule has 0 saturated heterocycles. The average molecular weight is 227 g/mol. The Labute approximate surface area is 98.8 Å². The summed E-state index contributed by atoms with van der Waals surface area (Å²) in [4.78, 5) is 13.7. The minimum Gasteiger partial charge on any atom is -0.480 e. The summed E-state index contributed by atoms with van der Waals surface area (Å²) in [7, 11) is 3.81. The van der Waals surface area contributed by atoms with E-state index in [0.717, 1.165) is 19.3 Å². The Kier molecular flexibility index (Phi) is 4.00. The van der Waals surface area contributed by atoms with Crippen molar-refractivity contribution in [2.24, 2.45) is 17.8 Å². The molecule has 1 fully saturated rings. The summed E-state index contributed by atoms with van der Waals surface area (Å²) >= 11 is 0. The summed E-state index contributed by atoms with van der Waals surface area (Å²) in [6.07, 6.45) is 2.97. The fourth-order valence-corrected chi connectivity index (χ4v) is 3.32. The normalized spacial score (nSPS) is 35.7. The summed E-state index contributed by atoms with van der Waals surface area (Å²) in [6.45, 7) is 6.45. The van der Waals surface area contributed by atoms with Gasteiger partial charge in [0.2, 0.25) is 0 Å². The third kappa shape index (κ3) is 2.10. The molecule has 0 aliphatic heterocycles. The first-order valence-corrected chi connectivity index (χ1v) is 6.23. The Morgan fingerprint density at radius 3 is 2.31 bits per heavy atom. The zero-order valence-corrected chi connectivity index (χ0v) is 11.2. The second-order valence-electron chi connectivity index (χ2n) is 5.86. The number of carbonyl (C=O) groups is 1. The van der Waals surface area contributed by atoms with Gasteiger partial charge in [-0.25, -0.2) is 0 Å². The summed E-state index contributed by atoms with van der Waals surface area (Å²) in [6, 6.07) is 0. The van der Waals surface area contributed by atoms with Crippen LogP contribution in [-0.2, 0) is 4.79 Å². The molecule has 0 bridgehead atoms. The highest BCUT2D eigenvalue weighted by Gasteiger charge is 2.51. The number of carboxylic acid groups (broad SMARTS) is 1. The quantitative estimate of drug-likeness (QED) is 0.805. The average Bonchev–Trinajstić information content (AvgIpc) is 2.15. The summed E-state index contributed by atoms with van der Waals surface area (Å²) < 4.78 is 0. The molecule has 1 saturated carbocycles. The molecule has 0 spiro atoms. The molecule has 94 valence electrons. The van der Waals surface area contributed by atoms with Gasteiger partial charge < -0.3 is 5.11 Å². The monoisotopic (exact) mass is 227 g/mol. The van der Waals surface area contributed by atoms with Gasteiger partial charge in [-0.2, -0.15) is 0 Å². The Bertz CT molecular complexity index is 263. The van der Waals surface area contributed by atoms with Gasteiger partial charge in [0.05, 0.1) is 0 Å². The van der Waals surface area contributed by atoms with Crippen LogP contribution in [0.1, 0.15) is 40.0 Å². The predicted octanol–water partition coefficient (Wildman–Crippen LogP) is 2.46. The largest absolute Gasteiger partial charge is 0.480 e. The molecule has 0 aromatic heterocycles. The first-order chi connectivity index (χ1) is 7.32. The zero-order chi connectivity index (χ0) is 12.5. The molecule has 0 aromatic carbocycles. The van der Waals surface area contributed by atoms with Gasteiger partial charge in [-0.3, -0.25) is 9.69 Å². The van der Waals surface area contributed by atoms with Gasteiger partial charge in [0, 0.05) is 0 Å². The molecule has 0 heterocycles. The van der Waals surface area contributed by atoms with Crippen LogP contribution in [0.3, 0.4) is 0 Å². The van der Waals surface area contributed by atoms with Crippen molar-refractivity contribution >= 4 is 5.97 Å². The van der Waals surface area contributed by atoms with E-state index in [1.807, 2.05) is 19.0 Å². The van der Waals surface area contributed by atoms with Crippen LogP contribution >= 0.6 is 0 Å². The molecule has 1 N–H and O–H groups in total.